The van der Waals surface area contributed by atoms with Gasteiger partial charge in [-0.25, -0.2) is 0 Å². The Balaban J connectivity index is 4.48. The summed E-state index contributed by atoms with van der Waals surface area (Å²) in [6.45, 7) is 8.39. The van der Waals surface area contributed by atoms with E-state index in [1.54, 1.807) is 0 Å². The van der Waals surface area contributed by atoms with Gasteiger partial charge in [-0.1, -0.05) is 19.9 Å². The molecule has 0 spiro atoms. The summed E-state index contributed by atoms with van der Waals surface area (Å²) < 4.78 is 0. The lowest BCUT2D eigenvalue weighted by atomic mass is 10.0. The van der Waals surface area contributed by atoms with Crippen LogP contribution in [0, 0.1) is 5.92 Å². The number of hydrogen-bond donors (Lipinski definition) is 1. The Kier molecular flexibility index (Phi) is 4.59. The van der Waals surface area contributed by atoms with E-state index in [-0.39, 0.29) is 0 Å². The maximum atomic E-state index is 4.19. The van der Waals surface area contributed by atoms with E-state index in [4.69, 9.17) is 0 Å². The fourth-order valence-corrected chi connectivity index (χ4v) is 0.941. The Hall–Kier alpha value is -0.790. The molecule has 0 amide bonds. The molecule has 0 rings (SSSR count). The zero-order chi connectivity index (χ0) is 8.85. The van der Waals surface area contributed by atoms with E-state index >= 15 is 0 Å². The van der Waals surface area contributed by atoms with Crippen LogP contribution in [0.1, 0.15) is 27.7 Å². The summed E-state index contributed by atoms with van der Waals surface area (Å²) in [4.78, 5) is 0. The molecule has 0 atom stereocenters. The van der Waals surface area contributed by atoms with Crippen LogP contribution in [0.15, 0.2) is 16.8 Å². The van der Waals surface area contributed by atoms with E-state index in [0.717, 1.165) is 5.71 Å². The lowest BCUT2D eigenvalue weighted by Gasteiger charge is -2.09. The molecule has 0 aliphatic carbocycles. The van der Waals surface area contributed by atoms with Gasteiger partial charge < -0.3 is 5.43 Å². The van der Waals surface area contributed by atoms with E-state index in [1.165, 1.54) is 5.57 Å². The van der Waals surface area contributed by atoms with E-state index in [9.17, 15) is 0 Å². The first-order valence-corrected chi connectivity index (χ1v) is 4.01. The van der Waals surface area contributed by atoms with Crippen molar-refractivity contribution in [1.82, 2.24) is 5.43 Å². The Morgan fingerprint density at radius 1 is 1.45 bits per heavy atom. The molecule has 11 heavy (non-hydrogen) atoms. The summed E-state index contributed by atoms with van der Waals surface area (Å²) in [6.07, 6.45) is 2.08. The maximum absolute atomic E-state index is 4.19. The van der Waals surface area contributed by atoms with Gasteiger partial charge in [-0.2, -0.15) is 5.10 Å². The molecule has 0 radical (unpaired) electrons. The Morgan fingerprint density at radius 3 is 2.27 bits per heavy atom. The third kappa shape index (κ3) is 3.21. The Bertz CT molecular complexity index is 166. The van der Waals surface area contributed by atoms with Crippen molar-refractivity contribution in [2.45, 2.75) is 27.7 Å². The molecule has 0 aliphatic rings. The van der Waals surface area contributed by atoms with Crippen LogP contribution in [0.4, 0.5) is 0 Å². The summed E-state index contributed by atoms with van der Waals surface area (Å²) in [5.41, 5.74) is 5.19. The molecule has 0 saturated carbocycles. The maximum Gasteiger partial charge on any atom is 0.0654 e. The zero-order valence-corrected chi connectivity index (χ0v) is 8.10. The highest BCUT2D eigenvalue weighted by Crippen LogP contribution is 2.06. The molecule has 0 aromatic heterocycles. The van der Waals surface area contributed by atoms with Crippen molar-refractivity contribution in [2.24, 2.45) is 11.0 Å². The molecule has 0 fully saturated rings. The number of nitrogens with one attached hydrogen (secondary N) is 1. The quantitative estimate of drug-likeness (QED) is 0.489. The van der Waals surface area contributed by atoms with Crippen LogP contribution in [0.25, 0.3) is 0 Å². The van der Waals surface area contributed by atoms with Crippen LogP contribution < -0.4 is 5.43 Å². The van der Waals surface area contributed by atoms with E-state index in [1.807, 2.05) is 14.0 Å². The van der Waals surface area contributed by atoms with Crippen molar-refractivity contribution in [3.8, 4) is 0 Å². The fourth-order valence-electron chi connectivity index (χ4n) is 0.941. The highest BCUT2D eigenvalue weighted by atomic mass is 15.3. The Labute approximate surface area is 69.4 Å². The first-order chi connectivity index (χ1) is 5.13. The van der Waals surface area contributed by atoms with Crippen molar-refractivity contribution < 1.29 is 0 Å². The van der Waals surface area contributed by atoms with Crippen molar-refractivity contribution >= 4 is 5.71 Å². The predicted octanol–water partition coefficient (Wildman–Crippen LogP) is 2.18. The minimum Gasteiger partial charge on any atom is -0.313 e. The van der Waals surface area contributed by atoms with Gasteiger partial charge in [0.25, 0.3) is 0 Å². The normalized spacial score (nSPS) is 14.0. The van der Waals surface area contributed by atoms with Gasteiger partial charge in [-0.15, -0.1) is 0 Å². The summed E-state index contributed by atoms with van der Waals surface area (Å²) in [5, 5.41) is 4.19. The number of allylic oxidation sites excluding steroid dienone is 2. The van der Waals surface area contributed by atoms with Gasteiger partial charge in [0.2, 0.25) is 0 Å². The van der Waals surface area contributed by atoms with Gasteiger partial charge in [0.05, 0.1) is 5.71 Å². The van der Waals surface area contributed by atoms with Crippen LogP contribution >= 0.6 is 0 Å². The number of rotatable bonds is 3. The van der Waals surface area contributed by atoms with E-state index < -0.39 is 0 Å². The van der Waals surface area contributed by atoms with Gasteiger partial charge in [-0.3, -0.25) is 0 Å². The number of nitrogens with zero attached hydrogens (tertiary/aromatic N) is 1. The van der Waals surface area contributed by atoms with Gasteiger partial charge in [-0.05, 0) is 25.3 Å². The molecular weight excluding hydrogens is 136 g/mol. The molecule has 0 saturated heterocycles. The van der Waals surface area contributed by atoms with Gasteiger partial charge >= 0.3 is 0 Å². The topological polar surface area (TPSA) is 24.4 Å². The average molecular weight is 154 g/mol. The van der Waals surface area contributed by atoms with Gasteiger partial charge in [0, 0.05) is 7.05 Å². The summed E-state index contributed by atoms with van der Waals surface area (Å²) >= 11 is 0. The summed E-state index contributed by atoms with van der Waals surface area (Å²) in [7, 11) is 1.82. The third-order valence-electron chi connectivity index (χ3n) is 1.62. The summed E-state index contributed by atoms with van der Waals surface area (Å²) in [5.74, 6) is 0.485. The summed E-state index contributed by atoms with van der Waals surface area (Å²) in [6, 6.07) is 0. The fraction of sp³-hybridized carbons (Fsp3) is 0.667. The number of hydrogen-bond acceptors (Lipinski definition) is 2. The van der Waals surface area contributed by atoms with Crippen molar-refractivity contribution in [3.63, 3.8) is 0 Å². The standard InChI is InChI=1S/C9H18N2/c1-6-8(4)9(7(2)3)11-10-5/h6-7,10H,1-5H3/b8-6-,11-9+. The van der Waals surface area contributed by atoms with Crippen LogP contribution in [0.5, 0.6) is 0 Å². The minimum absolute atomic E-state index is 0.485. The molecule has 64 valence electrons. The molecule has 2 heteroatoms. The van der Waals surface area contributed by atoms with Crippen molar-refractivity contribution in [1.29, 1.82) is 0 Å². The molecule has 0 unspecified atom stereocenters. The lowest BCUT2D eigenvalue weighted by Crippen LogP contribution is -2.13. The van der Waals surface area contributed by atoms with Crippen LogP contribution in [-0.4, -0.2) is 12.8 Å². The van der Waals surface area contributed by atoms with Crippen LogP contribution in [0.2, 0.25) is 0 Å². The molecule has 0 aromatic rings. The Morgan fingerprint density at radius 2 is 2.00 bits per heavy atom. The monoisotopic (exact) mass is 154 g/mol. The molecule has 0 aliphatic heterocycles. The molecule has 2 nitrogen and oxygen atoms in total. The molecule has 1 N–H and O–H groups in total. The van der Waals surface area contributed by atoms with E-state index in [0.29, 0.717) is 5.92 Å². The smallest absolute Gasteiger partial charge is 0.0654 e. The third-order valence-corrected chi connectivity index (χ3v) is 1.62. The van der Waals surface area contributed by atoms with Crippen LogP contribution in [0.3, 0.4) is 0 Å². The predicted molar refractivity (Wildman–Crippen MR) is 50.8 cm³/mol. The second kappa shape index (κ2) is 4.94. The van der Waals surface area contributed by atoms with Crippen molar-refractivity contribution in [3.05, 3.63) is 11.6 Å². The molecule has 0 aromatic carbocycles. The highest BCUT2D eigenvalue weighted by Gasteiger charge is 2.05. The molecular formula is C9H18N2. The first-order valence-electron chi connectivity index (χ1n) is 4.01. The van der Waals surface area contributed by atoms with Gasteiger partial charge in [0.1, 0.15) is 0 Å². The van der Waals surface area contributed by atoms with Crippen molar-refractivity contribution in [2.75, 3.05) is 7.05 Å². The molecule has 0 heterocycles. The second-order valence-corrected chi connectivity index (χ2v) is 2.85. The second-order valence-electron chi connectivity index (χ2n) is 2.85. The zero-order valence-electron chi connectivity index (χ0n) is 8.10. The number of hydrazone groups is 1. The first kappa shape index (κ1) is 10.2. The average Bonchev–Trinajstić information content (AvgIpc) is 1.98. The lowest BCUT2D eigenvalue weighted by molar-refractivity contribution is 0.825. The minimum atomic E-state index is 0.485. The SMILES string of the molecule is C/C=C(C)\C(=N\NC)C(C)C. The van der Waals surface area contributed by atoms with Crippen LogP contribution in [-0.2, 0) is 0 Å². The highest BCUT2D eigenvalue weighted by molar-refractivity contribution is 6.00. The van der Waals surface area contributed by atoms with Gasteiger partial charge in [0.15, 0.2) is 0 Å². The largest absolute Gasteiger partial charge is 0.313 e. The molecule has 0 bridgehead atoms. The van der Waals surface area contributed by atoms with E-state index in [2.05, 4.69) is 37.4 Å².